The summed E-state index contributed by atoms with van der Waals surface area (Å²) in [4.78, 5) is 19.6. The van der Waals surface area contributed by atoms with Crippen molar-refractivity contribution in [2.45, 2.75) is 31.8 Å². The largest absolute Gasteiger partial charge is 0.416 e. The number of nitrogens with zero attached hydrogens (tertiary/aromatic N) is 2. The first kappa shape index (κ1) is 21.4. The summed E-state index contributed by atoms with van der Waals surface area (Å²) in [6.07, 6.45) is -3.84. The molecule has 1 heterocycles. The van der Waals surface area contributed by atoms with Gasteiger partial charge in [-0.25, -0.2) is 23.2 Å². The van der Waals surface area contributed by atoms with Gasteiger partial charge in [-0.05, 0) is 44.5 Å². The van der Waals surface area contributed by atoms with Crippen LogP contribution in [0.2, 0.25) is 0 Å². The molecular formula is C16H18F3N5O3S. The molecule has 0 fully saturated rings. The van der Waals surface area contributed by atoms with Crippen LogP contribution < -0.4 is 16.2 Å². The monoisotopic (exact) mass is 417 g/mol. The van der Waals surface area contributed by atoms with Crippen LogP contribution in [0.5, 0.6) is 0 Å². The van der Waals surface area contributed by atoms with Gasteiger partial charge in [-0.2, -0.15) is 13.2 Å². The Labute approximate surface area is 159 Å². The van der Waals surface area contributed by atoms with Gasteiger partial charge in [0.1, 0.15) is 0 Å². The first-order chi connectivity index (χ1) is 12.8. The number of aryl methyl sites for hydroxylation is 3. The average molecular weight is 417 g/mol. The lowest BCUT2D eigenvalue weighted by Crippen LogP contribution is -2.35. The molecule has 0 aliphatic rings. The van der Waals surface area contributed by atoms with Crippen molar-refractivity contribution in [3.63, 3.8) is 0 Å². The maximum Gasteiger partial charge on any atom is 0.416 e. The van der Waals surface area contributed by atoms with Crippen LogP contribution in [-0.4, -0.2) is 30.7 Å². The van der Waals surface area contributed by atoms with Gasteiger partial charge in [-0.1, -0.05) is 0 Å². The predicted molar refractivity (Wildman–Crippen MR) is 96.6 cm³/mol. The molecule has 152 valence electrons. The molecule has 2 aromatic rings. The van der Waals surface area contributed by atoms with Crippen LogP contribution in [0.1, 0.15) is 22.5 Å². The second-order valence-electron chi connectivity index (χ2n) is 6.11. The quantitative estimate of drug-likeness (QED) is 0.660. The molecule has 1 aromatic heterocycles. The zero-order valence-corrected chi connectivity index (χ0v) is 16.2. The predicted octanol–water partition coefficient (Wildman–Crippen LogP) is 2.97. The SMILES string of the molecule is Cc1cc(C)nc(NC(=O)NNc2cc(C(F)(F)F)c(C)cc2S(C)(=O)=O)n1. The van der Waals surface area contributed by atoms with E-state index < -0.39 is 33.3 Å². The second-order valence-corrected chi connectivity index (χ2v) is 8.10. The second kappa shape index (κ2) is 7.62. The molecule has 8 nitrogen and oxygen atoms in total. The lowest BCUT2D eigenvalue weighted by atomic mass is 10.1. The maximum absolute atomic E-state index is 13.1. The molecule has 0 radical (unpaired) electrons. The number of rotatable bonds is 4. The minimum atomic E-state index is -4.69. The Bertz CT molecular complexity index is 1000. The van der Waals surface area contributed by atoms with Gasteiger partial charge in [0.25, 0.3) is 0 Å². The third-order valence-corrected chi connectivity index (χ3v) is 4.69. The highest BCUT2D eigenvalue weighted by molar-refractivity contribution is 7.90. The van der Waals surface area contributed by atoms with Crippen LogP contribution in [0, 0.1) is 20.8 Å². The number of halogens is 3. The number of alkyl halides is 3. The number of hydrogen-bond acceptors (Lipinski definition) is 6. The van der Waals surface area contributed by atoms with Crippen molar-refractivity contribution in [3.05, 3.63) is 40.7 Å². The third-order valence-electron chi connectivity index (χ3n) is 3.55. The van der Waals surface area contributed by atoms with Crippen molar-refractivity contribution >= 4 is 27.5 Å². The number of carbonyl (C=O) groups excluding carboxylic acids is 1. The normalized spacial score (nSPS) is 11.8. The van der Waals surface area contributed by atoms with Crippen molar-refractivity contribution < 1.29 is 26.4 Å². The summed E-state index contributed by atoms with van der Waals surface area (Å²) in [5.41, 5.74) is 3.80. The highest BCUT2D eigenvalue weighted by Gasteiger charge is 2.34. The molecule has 2 amide bonds. The first-order valence-corrected chi connectivity index (χ1v) is 9.73. The Morgan fingerprint density at radius 2 is 1.61 bits per heavy atom. The lowest BCUT2D eigenvalue weighted by Gasteiger charge is -2.17. The number of sulfone groups is 1. The summed E-state index contributed by atoms with van der Waals surface area (Å²) in [6, 6.07) is 2.32. The standard InChI is InChI=1S/C16H18F3N5O3S/c1-8-5-13(28(4,26)27)12(7-11(8)16(17,18)19)23-24-15(25)22-14-20-9(2)6-10(3)21-14/h5-7,23H,1-4H3,(H2,20,21,22,24,25). The maximum atomic E-state index is 13.1. The van der Waals surface area contributed by atoms with E-state index >= 15 is 0 Å². The Morgan fingerprint density at radius 1 is 1.04 bits per heavy atom. The number of hydrogen-bond donors (Lipinski definition) is 3. The number of urea groups is 1. The summed E-state index contributed by atoms with van der Waals surface area (Å²) in [6.45, 7) is 4.54. The van der Waals surface area contributed by atoms with Gasteiger partial charge >= 0.3 is 12.2 Å². The van der Waals surface area contributed by atoms with Crippen molar-refractivity contribution in [2.24, 2.45) is 0 Å². The average Bonchev–Trinajstić information content (AvgIpc) is 2.50. The van der Waals surface area contributed by atoms with Crippen molar-refractivity contribution in [1.29, 1.82) is 0 Å². The first-order valence-electron chi connectivity index (χ1n) is 7.84. The summed E-state index contributed by atoms with van der Waals surface area (Å²) >= 11 is 0. The van der Waals surface area contributed by atoms with E-state index in [1.807, 2.05) is 0 Å². The fourth-order valence-corrected chi connectivity index (χ4v) is 3.33. The summed E-state index contributed by atoms with van der Waals surface area (Å²) in [5, 5.41) is 2.30. The summed E-state index contributed by atoms with van der Waals surface area (Å²) in [5.74, 6) is -0.0139. The molecule has 0 aliphatic carbocycles. The third kappa shape index (κ3) is 5.31. The van der Waals surface area contributed by atoms with E-state index in [0.29, 0.717) is 17.5 Å². The number of amides is 2. The molecule has 0 bridgehead atoms. The summed E-state index contributed by atoms with van der Waals surface area (Å²) < 4.78 is 63.2. The van der Waals surface area contributed by atoms with Gasteiger partial charge in [0.15, 0.2) is 9.84 Å². The fourth-order valence-electron chi connectivity index (χ4n) is 2.43. The number of carbonyl (C=O) groups is 1. The molecule has 0 unspecified atom stereocenters. The van der Waals surface area contributed by atoms with Gasteiger partial charge in [0.2, 0.25) is 5.95 Å². The zero-order chi connectivity index (χ0) is 21.3. The minimum absolute atomic E-state index is 0.0139. The number of nitrogens with one attached hydrogen (secondary N) is 3. The van der Waals surface area contributed by atoms with E-state index in [4.69, 9.17) is 0 Å². The summed E-state index contributed by atoms with van der Waals surface area (Å²) in [7, 11) is -3.86. The Balaban J connectivity index is 2.27. The van der Waals surface area contributed by atoms with Gasteiger partial charge < -0.3 is 0 Å². The lowest BCUT2D eigenvalue weighted by molar-refractivity contribution is -0.138. The topological polar surface area (TPSA) is 113 Å². The van der Waals surface area contributed by atoms with Crippen LogP contribution >= 0.6 is 0 Å². The number of hydrazine groups is 1. The minimum Gasteiger partial charge on any atom is -0.296 e. The van der Waals surface area contributed by atoms with Crippen molar-refractivity contribution in [3.8, 4) is 0 Å². The fraction of sp³-hybridized carbons (Fsp3) is 0.312. The van der Waals surface area contributed by atoms with Gasteiger partial charge in [-0.15, -0.1) is 0 Å². The number of anilines is 2. The number of aromatic nitrogens is 2. The van der Waals surface area contributed by atoms with E-state index in [1.54, 1.807) is 19.9 Å². The van der Waals surface area contributed by atoms with Gasteiger partial charge in [-0.3, -0.25) is 16.2 Å². The molecular weight excluding hydrogens is 399 g/mol. The highest BCUT2D eigenvalue weighted by atomic mass is 32.2. The molecule has 2 rings (SSSR count). The van der Waals surface area contributed by atoms with Crippen LogP contribution in [0.4, 0.5) is 29.6 Å². The van der Waals surface area contributed by atoms with Crippen LogP contribution in [0.15, 0.2) is 23.1 Å². The molecule has 0 saturated carbocycles. The van der Waals surface area contributed by atoms with Gasteiger partial charge in [0, 0.05) is 17.6 Å². The van der Waals surface area contributed by atoms with Crippen molar-refractivity contribution in [1.82, 2.24) is 15.4 Å². The Morgan fingerprint density at radius 3 is 2.11 bits per heavy atom. The molecule has 0 atom stereocenters. The highest BCUT2D eigenvalue weighted by Crippen LogP contribution is 2.36. The van der Waals surface area contributed by atoms with Crippen LogP contribution in [-0.2, 0) is 16.0 Å². The van der Waals surface area contributed by atoms with E-state index in [1.165, 1.54) is 0 Å². The van der Waals surface area contributed by atoms with E-state index in [0.717, 1.165) is 19.2 Å². The van der Waals surface area contributed by atoms with Crippen LogP contribution in [0.25, 0.3) is 0 Å². The van der Waals surface area contributed by atoms with E-state index in [2.05, 4.69) is 26.1 Å². The molecule has 0 saturated heterocycles. The van der Waals surface area contributed by atoms with Gasteiger partial charge in [0.05, 0.1) is 16.1 Å². The Hall–Kier alpha value is -2.89. The molecule has 28 heavy (non-hydrogen) atoms. The smallest absolute Gasteiger partial charge is 0.296 e. The molecule has 1 aromatic carbocycles. The number of benzene rings is 1. The zero-order valence-electron chi connectivity index (χ0n) is 15.4. The molecule has 12 heteroatoms. The van der Waals surface area contributed by atoms with Crippen LogP contribution in [0.3, 0.4) is 0 Å². The van der Waals surface area contributed by atoms with E-state index in [9.17, 15) is 26.4 Å². The molecule has 0 aliphatic heterocycles. The Kier molecular flexibility index (Phi) is 5.83. The van der Waals surface area contributed by atoms with E-state index in [-0.39, 0.29) is 16.4 Å². The molecule has 0 spiro atoms. The molecule has 3 N–H and O–H groups in total. The van der Waals surface area contributed by atoms with Crippen molar-refractivity contribution in [2.75, 3.05) is 17.0 Å².